The molecule has 1 saturated carbocycles. The summed E-state index contributed by atoms with van der Waals surface area (Å²) in [5.41, 5.74) is 0. The normalized spacial score (nSPS) is 15.8. The lowest BCUT2D eigenvalue weighted by atomic mass is 10.4. The Balaban J connectivity index is 2.19. The molecule has 17 heavy (non-hydrogen) atoms. The molecule has 1 aromatic heterocycles. The Morgan fingerprint density at radius 2 is 2.12 bits per heavy atom. The van der Waals surface area contributed by atoms with Crippen molar-refractivity contribution in [3.05, 3.63) is 12.4 Å². The van der Waals surface area contributed by atoms with Crippen molar-refractivity contribution in [1.29, 1.82) is 0 Å². The molecule has 1 aliphatic carbocycles. The van der Waals surface area contributed by atoms with Crippen LogP contribution < -0.4 is 10.2 Å². The first-order chi connectivity index (χ1) is 7.99. The summed E-state index contributed by atoms with van der Waals surface area (Å²) >= 11 is 0. The molecular weight excluding hydrogens is 233 g/mol. The van der Waals surface area contributed by atoms with Gasteiger partial charge in [-0.3, -0.25) is 0 Å². The number of anilines is 2. The molecule has 0 unspecified atom stereocenters. The van der Waals surface area contributed by atoms with Crippen molar-refractivity contribution < 1.29 is 13.2 Å². The maximum Gasteiger partial charge on any atom is 0.405 e. The lowest BCUT2D eigenvalue weighted by molar-refractivity contribution is -0.120. The smallest absolute Gasteiger partial charge is 0.373 e. The van der Waals surface area contributed by atoms with E-state index in [0.717, 1.165) is 12.8 Å². The fraction of sp³-hybridized carbons (Fsp3) is 0.600. The van der Waals surface area contributed by atoms with Gasteiger partial charge in [-0.25, -0.2) is 9.97 Å². The molecule has 0 saturated heterocycles. The third-order valence-electron chi connectivity index (χ3n) is 2.54. The van der Waals surface area contributed by atoms with Gasteiger partial charge in [-0.15, -0.1) is 0 Å². The van der Waals surface area contributed by atoms with Crippen LogP contribution in [0.1, 0.15) is 12.8 Å². The van der Waals surface area contributed by atoms with Gasteiger partial charge in [0.15, 0.2) is 0 Å². The average Bonchev–Trinajstić information content (AvgIpc) is 3.09. The summed E-state index contributed by atoms with van der Waals surface area (Å²) in [5.74, 6) is 0.840. The summed E-state index contributed by atoms with van der Waals surface area (Å²) in [6, 6.07) is 1.49. The Bertz CT molecular complexity index is 389. The molecule has 1 fully saturated rings. The molecule has 0 bridgehead atoms. The van der Waals surface area contributed by atoms with Gasteiger partial charge < -0.3 is 10.2 Å². The van der Waals surface area contributed by atoms with Gasteiger partial charge in [-0.2, -0.15) is 13.2 Å². The van der Waals surface area contributed by atoms with Gasteiger partial charge in [-0.05, 0) is 12.8 Å². The number of hydrogen-bond donors (Lipinski definition) is 1. The van der Waals surface area contributed by atoms with E-state index in [1.807, 2.05) is 0 Å². The van der Waals surface area contributed by atoms with Crippen LogP contribution >= 0.6 is 0 Å². The van der Waals surface area contributed by atoms with Crippen molar-refractivity contribution in [2.75, 3.05) is 23.8 Å². The Hall–Kier alpha value is -1.53. The van der Waals surface area contributed by atoms with Gasteiger partial charge in [0, 0.05) is 19.2 Å². The van der Waals surface area contributed by atoms with Crippen molar-refractivity contribution in [3.63, 3.8) is 0 Å². The van der Waals surface area contributed by atoms with Crippen LogP contribution in [0.25, 0.3) is 0 Å². The topological polar surface area (TPSA) is 41.0 Å². The van der Waals surface area contributed by atoms with Crippen LogP contribution in [-0.2, 0) is 0 Å². The second-order valence-electron chi connectivity index (χ2n) is 3.99. The highest BCUT2D eigenvalue weighted by atomic mass is 19.4. The van der Waals surface area contributed by atoms with Crippen molar-refractivity contribution in [1.82, 2.24) is 9.97 Å². The second-order valence-corrected chi connectivity index (χ2v) is 3.99. The minimum Gasteiger partial charge on any atom is -0.373 e. The fourth-order valence-corrected chi connectivity index (χ4v) is 1.62. The molecule has 7 heteroatoms. The van der Waals surface area contributed by atoms with E-state index in [1.54, 1.807) is 7.05 Å². The van der Waals surface area contributed by atoms with Gasteiger partial charge >= 0.3 is 6.18 Å². The molecule has 0 atom stereocenters. The summed E-state index contributed by atoms with van der Waals surface area (Å²) in [7, 11) is 1.66. The maximum absolute atomic E-state index is 12.5. The summed E-state index contributed by atoms with van der Waals surface area (Å²) in [6.07, 6.45) is -1.37. The number of nitrogens with zero attached hydrogens (tertiary/aromatic N) is 3. The number of halogens is 3. The summed E-state index contributed by atoms with van der Waals surface area (Å²) in [5, 5.41) is 2.79. The van der Waals surface area contributed by atoms with Crippen molar-refractivity contribution in [2.45, 2.75) is 25.1 Å². The van der Waals surface area contributed by atoms with E-state index in [2.05, 4.69) is 15.3 Å². The Kier molecular flexibility index (Phi) is 3.08. The summed E-state index contributed by atoms with van der Waals surface area (Å²) < 4.78 is 37.4. The van der Waals surface area contributed by atoms with E-state index in [9.17, 15) is 13.2 Å². The Labute approximate surface area is 96.9 Å². The molecule has 1 aromatic rings. The lowest BCUT2D eigenvalue weighted by Gasteiger charge is -2.24. The second kappa shape index (κ2) is 4.38. The zero-order valence-corrected chi connectivity index (χ0v) is 9.33. The Morgan fingerprint density at radius 3 is 2.65 bits per heavy atom. The molecule has 1 heterocycles. The Morgan fingerprint density at radius 1 is 1.41 bits per heavy atom. The predicted molar refractivity (Wildman–Crippen MR) is 58.0 cm³/mol. The van der Waals surface area contributed by atoms with Crippen LogP contribution in [-0.4, -0.2) is 35.8 Å². The van der Waals surface area contributed by atoms with Crippen LogP contribution in [0.5, 0.6) is 0 Å². The molecular formula is C10H13F3N4. The molecule has 4 nitrogen and oxygen atoms in total. The standard InChI is InChI=1S/C10H13F3N4/c1-14-8-4-9(16-6-15-8)17(7-2-3-7)5-10(11,12)13/h4,6-7H,2-3,5H2,1H3,(H,14,15,16). The molecule has 0 amide bonds. The molecule has 2 rings (SSSR count). The van der Waals surface area contributed by atoms with Crippen molar-refractivity contribution >= 4 is 11.6 Å². The predicted octanol–water partition coefficient (Wildman–Crippen LogP) is 2.05. The largest absolute Gasteiger partial charge is 0.405 e. The number of alkyl halides is 3. The molecule has 1 N–H and O–H groups in total. The van der Waals surface area contributed by atoms with Crippen molar-refractivity contribution in [3.8, 4) is 0 Å². The zero-order chi connectivity index (χ0) is 12.5. The van der Waals surface area contributed by atoms with Crippen molar-refractivity contribution in [2.24, 2.45) is 0 Å². The number of nitrogens with one attached hydrogen (secondary N) is 1. The van der Waals surface area contributed by atoms with E-state index in [-0.39, 0.29) is 6.04 Å². The van der Waals surface area contributed by atoms with E-state index in [0.29, 0.717) is 11.6 Å². The van der Waals surface area contributed by atoms with Crippen LogP contribution in [0.4, 0.5) is 24.8 Å². The molecule has 94 valence electrons. The first kappa shape index (κ1) is 11.9. The van der Waals surface area contributed by atoms with Gasteiger partial charge in [0.25, 0.3) is 0 Å². The zero-order valence-electron chi connectivity index (χ0n) is 9.33. The van der Waals surface area contributed by atoms with Crippen LogP contribution in [0, 0.1) is 0 Å². The monoisotopic (exact) mass is 246 g/mol. The molecule has 1 aliphatic rings. The van der Waals surface area contributed by atoms with Gasteiger partial charge in [0.2, 0.25) is 0 Å². The third-order valence-corrected chi connectivity index (χ3v) is 2.54. The van der Waals surface area contributed by atoms with Crippen LogP contribution in [0.2, 0.25) is 0 Å². The lowest BCUT2D eigenvalue weighted by Crippen LogP contribution is -2.36. The first-order valence-corrected chi connectivity index (χ1v) is 5.33. The summed E-state index contributed by atoms with van der Waals surface area (Å²) in [6.45, 7) is -0.960. The number of aromatic nitrogens is 2. The number of hydrogen-bond acceptors (Lipinski definition) is 4. The third kappa shape index (κ3) is 3.21. The van der Waals surface area contributed by atoms with Gasteiger partial charge in [0.05, 0.1) is 0 Å². The average molecular weight is 246 g/mol. The highest BCUT2D eigenvalue weighted by molar-refractivity contribution is 5.49. The van der Waals surface area contributed by atoms with Crippen LogP contribution in [0.3, 0.4) is 0 Å². The van der Waals surface area contributed by atoms with E-state index in [1.165, 1.54) is 17.3 Å². The van der Waals surface area contributed by atoms with E-state index >= 15 is 0 Å². The highest BCUT2D eigenvalue weighted by Crippen LogP contribution is 2.33. The van der Waals surface area contributed by atoms with Gasteiger partial charge in [-0.1, -0.05) is 0 Å². The van der Waals surface area contributed by atoms with E-state index in [4.69, 9.17) is 0 Å². The quantitative estimate of drug-likeness (QED) is 0.882. The molecule has 0 aliphatic heterocycles. The number of rotatable bonds is 4. The fourth-order valence-electron chi connectivity index (χ4n) is 1.62. The van der Waals surface area contributed by atoms with Gasteiger partial charge in [0.1, 0.15) is 24.5 Å². The van der Waals surface area contributed by atoms with E-state index < -0.39 is 12.7 Å². The highest BCUT2D eigenvalue weighted by Gasteiger charge is 2.38. The summed E-state index contributed by atoms with van der Waals surface area (Å²) in [4.78, 5) is 9.09. The maximum atomic E-state index is 12.5. The molecule has 0 spiro atoms. The molecule has 0 aromatic carbocycles. The minimum absolute atomic E-state index is 0.0452. The minimum atomic E-state index is -4.21. The first-order valence-electron chi connectivity index (χ1n) is 5.33. The van der Waals surface area contributed by atoms with Crippen LogP contribution in [0.15, 0.2) is 12.4 Å². The SMILES string of the molecule is CNc1cc(N(CC(F)(F)F)C2CC2)ncn1. The molecule has 0 radical (unpaired) electrons.